The number of carbonyl (C=O) groups excluding carboxylic acids is 3. The van der Waals surface area contributed by atoms with Crippen LogP contribution in [-0.4, -0.2) is 64.4 Å². The van der Waals surface area contributed by atoms with E-state index in [1.165, 1.54) is 4.90 Å². The second kappa shape index (κ2) is 9.04. The van der Waals surface area contributed by atoms with Gasteiger partial charge in [0.1, 0.15) is 6.67 Å². The van der Waals surface area contributed by atoms with Crippen LogP contribution in [0.3, 0.4) is 0 Å². The number of nitrogens with zero attached hydrogens (tertiary/aromatic N) is 2. The highest BCUT2D eigenvalue weighted by molar-refractivity contribution is 7.80. The van der Waals surface area contributed by atoms with E-state index in [4.69, 9.17) is 0 Å². The van der Waals surface area contributed by atoms with Gasteiger partial charge in [-0.3, -0.25) is 15.0 Å². The van der Waals surface area contributed by atoms with Gasteiger partial charge in [-0.25, -0.2) is 9.59 Å². The molecule has 1 rings (SSSR count). The number of hydrogen-bond acceptors (Lipinski definition) is 7. The molecule has 0 aliphatic carbocycles. The van der Waals surface area contributed by atoms with Gasteiger partial charge in [-0.1, -0.05) is 0 Å². The van der Waals surface area contributed by atoms with Crippen LogP contribution >= 0.6 is 37.9 Å². The van der Waals surface area contributed by atoms with E-state index >= 15 is 0 Å². The number of rotatable bonds is 6. The molecule has 0 aromatic carbocycles. The fraction of sp³-hybridized carbons (Fsp3) is 0.750. The molecule has 1 aliphatic rings. The maximum Gasteiger partial charge on any atom is 0.324 e. The lowest BCUT2D eigenvalue weighted by Crippen LogP contribution is -2.70. The molecular formula is C12H22N3O3S3+. The number of imide groups is 1. The van der Waals surface area contributed by atoms with Crippen molar-refractivity contribution < 1.29 is 18.9 Å². The van der Waals surface area contributed by atoms with Gasteiger partial charge in [0.05, 0.1) is 19.5 Å². The fourth-order valence-electron chi connectivity index (χ4n) is 2.28. The summed E-state index contributed by atoms with van der Waals surface area (Å²) in [4.78, 5) is 38.4. The zero-order valence-electron chi connectivity index (χ0n) is 11.8. The predicted octanol–water partition coefficient (Wildman–Crippen LogP) is 0.120. The lowest BCUT2D eigenvalue weighted by molar-refractivity contribution is -0.800. The number of quaternary nitrogens is 1. The van der Waals surface area contributed by atoms with Crippen molar-refractivity contribution in [3.05, 3.63) is 0 Å². The molecule has 6 nitrogen and oxygen atoms in total. The van der Waals surface area contributed by atoms with E-state index in [1.54, 1.807) is 0 Å². The molecule has 0 radical (unpaired) electrons. The Morgan fingerprint density at radius 3 is 1.95 bits per heavy atom. The normalized spacial score (nSPS) is 17.6. The molecule has 120 valence electrons. The van der Waals surface area contributed by atoms with Crippen LogP contribution in [0, 0.1) is 0 Å². The smallest absolute Gasteiger partial charge is 0.281 e. The van der Waals surface area contributed by atoms with Crippen LogP contribution in [0.25, 0.3) is 0 Å². The third kappa shape index (κ3) is 4.62. The summed E-state index contributed by atoms with van der Waals surface area (Å²) in [6.45, 7) is 0.637. The molecule has 0 saturated carbocycles. The molecule has 1 heterocycles. The Kier molecular flexibility index (Phi) is 8.10. The van der Waals surface area contributed by atoms with Crippen LogP contribution in [0.15, 0.2) is 0 Å². The topological polar surface area (TPSA) is 66.5 Å². The van der Waals surface area contributed by atoms with Crippen molar-refractivity contribution in [2.45, 2.75) is 19.3 Å². The third-order valence-corrected chi connectivity index (χ3v) is 4.05. The van der Waals surface area contributed by atoms with Crippen LogP contribution in [0.1, 0.15) is 19.3 Å². The van der Waals surface area contributed by atoms with Gasteiger partial charge in [0.15, 0.2) is 6.67 Å². The summed E-state index contributed by atoms with van der Waals surface area (Å²) in [5, 5.41) is 3.00. The second-order valence-electron chi connectivity index (χ2n) is 4.82. The van der Waals surface area contributed by atoms with Gasteiger partial charge in [-0.05, 0) is 5.75 Å². The van der Waals surface area contributed by atoms with Gasteiger partial charge in [0.2, 0.25) is 5.91 Å². The predicted molar refractivity (Wildman–Crippen MR) is 90.3 cm³/mol. The van der Waals surface area contributed by atoms with Crippen molar-refractivity contribution in [3.63, 3.8) is 0 Å². The molecule has 0 bridgehead atoms. The quantitative estimate of drug-likeness (QED) is 0.405. The van der Waals surface area contributed by atoms with Gasteiger partial charge < -0.3 is 0 Å². The summed E-state index contributed by atoms with van der Waals surface area (Å²) in [7, 11) is 0. The van der Waals surface area contributed by atoms with E-state index in [0.717, 1.165) is 0 Å². The molecule has 3 amide bonds. The molecular weight excluding hydrogens is 330 g/mol. The molecule has 1 fully saturated rings. The summed E-state index contributed by atoms with van der Waals surface area (Å²) in [5.41, 5.74) is 0. The molecule has 0 spiro atoms. The standard InChI is InChI=1S/C12H21N3O3S3/c16-10(1-4-19)14-7-13-8-15(9-14,11(17)2-5-20)12(18)3-6-21/h13H,1-9H2,(H2-,19,20,21)/p+1. The Hall–Kier alpha value is -0.220. The summed E-state index contributed by atoms with van der Waals surface area (Å²) in [6.07, 6.45) is 0.668. The van der Waals surface area contributed by atoms with Crippen LogP contribution in [-0.2, 0) is 14.4 Å². The summed E-state index contributed by atoms with van der Waals surface area (Å²) >= 11 is 12.2. The molecule has 0 aromatic rings. The van der Waals surface area contributed by atoms with Gasteiger partial charge in [-0.2, -0.15) is 42.4 Å². The van der Waals surface area contributed by atoms with Crippen molar-refractivity contribution in [2.75, 3.05) is 37.3 Å². The highest BCUT2D eigenvalue weighted by atomic mass is 32.1. The van der Waals surface area contributed by atoms with Crippen molar-refractivity contribution in [1.29, 1.82) is 0 Å². The van der Waals surface area contributed by atoms with E-state index in [9.17, 15) is 14.4 Å². The average molecular weight is 353 g/mol. The SMILES string of the molecule is O=C(CCS)N1CNC[N+](C(=O)CCS)(C(=O)CCS)C1. The van der Waals surface area contributed by atoms with E-state index in [1.807, 2.05) is 0 Å². The Labute approximate surface area is 141 Å². The van der Waals surface area contributed by atoms with E-state index < -0.39 is 0 Å². The molecule has 0 atom stereocenters. The van der Waals surface area contributed by atoms with E-state index in [2.05, 4.69) is 43.2 Å². The van der Waals surface area contributed by atoms with E-state index in [0.29, 0.717) is 23.9 Å². The Morgan fingerprint density at radius 1 is 0.952 bits per heavy atom. The fourth-order valence-corrected chi connectivity index (χ4v) is 2.85. The monoisotopic (exact) mass is 352 g/mol. The van der Waals surface area contributed by atoms with Gasteiger partial charge >= 0.3 is 11.8 Å². The van der Waals surface area contributed by atoms with Crippen molar-refractivity contribution in [3.8, 4) is 0 Å². The summed E-state index contributed by atoms with van der Waals surface area (Å²) in [6, 6.07) is 0. The zero-order valence-corrected chi connectivity index (χ0v) is 14.5. The molecule has 9 heteroatoms. The van der Waals surface area contributed by atoms with E-state index in [-0.39, 0.29) is 54.8 Å². The first-order valence-corrected chi connectivity index (χ1v) is 8.66. The molecule has 0 unspecified atom stereocenters. The zero-order chi connectivity index (χ0) is 15.9. The Balaban J connectivity index is 2.97. The minimum Gasteiger partial charge on any atom is -0.281 e. The number of hydrogen-bond donors (Lipinski definition) is 4. The second-order valence-corrected chi connectivity index (χ2v) is 6.16. The first-order valence-electron chi connectivity index (χ1n) is 6.76. The highest BCUT2D eigenvalue weighted by Crippen LogP contribution is 2.18. The molecule has 1 saturated heterocycles. The largest absolute Gasteiger partial charge is 0.324 e. The lowest BCUT2D eigenvalue weighted by Gasteiger charge is -2.41. The lowest BCUT2D eigenvalue weighted by atomic mass is 10.2. The minimum absolute atomic E-state index is 0.0822. The maximum absolute atomic E-state index is 12.4. The maximum atomic E-state index is 12.4. The summed E-state index contributed by atoms with van der Waals surface area (Å²) in [5.74, 6) is 0.636. The Bertz CT molecular complexity index is 388. The number of nitrogens with one attached hydrogen (secondary N) is 1. The van der Waals surface area contributed by atoms with Gasteiger partial charge in [0, 0.05) is 17.9 Å². The van der Waals surface area contributed by atoms with Gasteiger partial charge in [-0.15, -0.1) is 0 Å². The Morgan fingerprint density at radius 2 is 1.48 bits per heavy atom. The number of thiol groups is 3. The number of amides is 3. The number of carbonyl (C=O) groups is 3. The van der Waals surface area contributed by atoms with Crippen molar-refractivity contribution in [2.24, 2.45) is 0 Å². The highest BCUT2D eigenvalue weighted by Gasteiger charge is 2.47. The third-order valence-electron chi connectivity index (χ3n) is 3.38. The van der Waals surface area contributed by atoms with Crippen molar-refractivity contribution in [1.82, 2.24) is 10.2 Å². The van der Waals surface area contributed by atoms with Gasteiger partial charge in [0.25, 0.3) is 0 Å². The minimum atomic E-state index is -0.376. The molecule has 1 N–H and O–H groups in total. The van der Waals surface area contributed by atoms with Crippen LogP contribution in [0.2, 0.25) is 0 Å². The summed E-state index contributed by atoms with van der Waals surface area (Å²) < 4.78 is -0.376. The first-order chi connectivity index (χ1) is 10.0. The first kappa shape index (κ1) is 18.8. The molecule has 1 aliphatic heterocycles. The van der Waals surface area contributed by atoms with Crippen molar-refractivity contribution >= 4 is 55.6 Å². The average Bonchev–Trinajstić information content (AvgIpc) is 2.48. The van der Waals surface area contributed by atoms with Crippen LogP contribution in [0.5, 0.6) is 0 Å². The molecule has 0 aromatic heterocycles. The van der Waals surface area contributed by atoms with Crippen LogP contribution < -0.4 is 5.32 Å². The van der Waals surface area contributed by atoms with Crippen LogP contribution in [0.4, 0.5) is 0 Å². The molecule has 21 heavy (non-hydrogen) atoms.